The maximum Gasteiger partial charge on any atom is 0.226 e. The van der Waals surface area contributed by atoms with Gasteiger partial charge in [-0.3, -0.25) is 9.59 Å². The van der Waals surface area contributed by atoms with Crippen LogP contribution >= 0.6 is 11.6 Å². The van der Waals surface area contributed by atoms with Gasteiger partial charge in [-0.25, -0.2) is 0 Å². The third-order valence-electron chi connectivity index (χ3n) is 4.12. The fraction of sp³-hybridized carbons (Fsp3) is 0.556. The number of halogens is 1. The van der Waals surface area contributed by atoms with E-state index in [1.165, 1.54) is 0 Å². The Balaban J connectivity index is 1.77. The molecule has 1 N–H and O–H groups in total. The first-order valence-electron chi connectivity index (χ1n) is 8.47. The summed E-state index contributed by atoms with van der Waals surface area (Å²) in [5, 5.41) is 2.97. The van der Waals surface area contributed by atoms with Crippen molar-refractivity contribution < 1.29 is 14.3 Å². The zero-order chi connectivity index (χ0) is 17.4. The van der Waals surface area contributed by atoms with Crippen LogP contribution in [0.15, 0.2) is 24.3 Å². The van der Waals surface area contributed by atoms with Crippen LogP contribution in [0.3, 0.4) is 0 Å². The van der Waals surface area contributed by atoms with Crippen molar-refractivity contribution >= 4 is 23.4 Å². The Kier molecular flexibility index (Phi) is 7.37. The lowest BCUT2D eigenvalue weighted by atomic mass is 10.0. The summed E-state index contributed by atoms with van der Waals surface area (Å²) in [6, 6.07) is 7.80. The number of carbonyl (C=O) groups excluding carboxylic acids is 2. The van der Waals surface area contributed by atoms with Crippen molar-refractivity contribution in [2.24, 2.45) is 0 Å². The number of ether oxygens (including phenoxy) is 1. The minimum atomic E-state index is -0.0100. The number of amides is 2. The van der Waals surface area contributed by atoms with Gasteiger partial charge in [-0.2, -0.15) is 0 Å². The number of alkyl halides is 1. The van der Waals surface area contributed by atoms with Crippen LogP contribution in [0, 0.1) is 0 Å². The van der Waals surface area contributed by atoms with E-state index in [2.05, 4.69) is 5.32 Å². The zero-order valence-electron chi connectivity index (χ0n) is 14.1. The third-order valence-corrected chi connectivity index (χ3v) is 4.31. The van der Waals surface area contributed by atoms with E-state index in [1.54, 1.807) is 0 Å². The summed E-state index contributed by atoms with van der Waals surface area (Å²) in [5.41, 5.74) is 0.987. The highest BCUT2D eigenvalue weighted by atomic mass is 35.5. The van der Waals surface area contributed by atoms with Crippen molar-refractivity contribution in [2.75, 3.05) is 25.6 Å². The molecule has 1 aromatic rings. The monoisotopic (exact) mass is 352 g/mol. The maximum absolute atomic E-state index is 12.4. The van der Waals surface area contributed by atoms with Crippen molar-refractivity contribution in [3.05, 3.63) is 29.8 Å². The largest absolute Gasteiger partial charge is 0.494 e. The van der Waals surface area contributed by atoms with E-state index in [-0.39, 0.29) is 17.9 Å². The molecule has 1 fully saturated rings. The van der Waals surface area contributed by atoms with E-state index >= 15 is 0 Å². The molecule has 1 heterocycles. The summed E-state index contributed by atoms with van der Waals surface area (Å²) in [6.07, 6.45) is 2.33. The Morgan fingerprint density at radius 2 is 1.92 bits per heavy atom. The first-order chi connectivity index (χ1) is 11.6. The molecule has 1 saturated heterocycles. The average Bonchev–Trinajstić information content (AvgIpc) is 2.57. The van der Waals surface area contributed by atoms with Crippen molar-refractivity contribution in [3.8, 4) is 5.75 Å². The molecule has 2 amide bonds. The molecular weight excluding hydrogens is 328 g/mol. The standard InChI is InChI=1S/C18H25ClN2O3/c1-2-24-16-5-3-14(4-6-16)13-18(23)21-11-8-15(9-12-21)20-17(22)7-10-19/h3-6,15H,2,7-13H2,1H3,(H,20,22). The molecule has 6 heteroatoms. The molecule has 0 bridgehead atoms. The Morgan fingerprint density at radius 3 is 2.50 bits per heavy atom. The van der Waals surface area contributed by atoms with Gasteiger partial charge >= 0.3 is 0 Å². The highest BCUT2D eigenvalue weighted by molar-refractivity contribution is 6.18. The Morgan fingerprint density at radius 1 is 1.25 bits per heavy atom. The van der Waals surface area contributed by atoms with Crippen molar-refractivity contribution in [1.29, 1.82) is 0 Å². The number of likely N-dealkylation sites (tertiary alicyclic amines) is 1. The summed E-state index contributed by atoms with van der Waals surface area (Å²) in [4.78, 5) is 25.8. The van der Waals surface area contributed by atoms with E-state index in [9.17, 15) is 9.59 Å². The Hall–Kier alpha value is -1.75. The molecule has 0 atom stereocenters. The topological polar surface area (TPSA) is 58.6 Å². The van der Waals surface area contributed by atoms with Crippen LogP contribution in [-0.4, -0.2) is 48.3 Å². The molecule has 1 aliphatic rings. The second-order valence-electron chi connectivity index (χ2n) is 5.92. The van der Waals surface area contributed by atoms with Crippen molar-refractivity contribution in [3.63, 3.8) is 0 Å². The molecule has 0 saturated carbocycles. The number of hydrogen-bond acceptors (Lipinski definition) is 3. The van der Waals surface area contributed by atoms with Gasteiger partial charge < -0.3 is 15.0 Å². The molecule has 1 aromatic carbocycles. The van der Waals surface area contributed by atoms with Gasteiger partial charge in [0.05, 0.1) is 13.0 Å². The summed E-state index contributed by atoms with van der Waals surface area (Å²) in [6.45, 7) is 3.94. The highest BCUT2D eigenvalue weighted by Crippen LogP contribution is 2.15. The van der Waals surface area contributed by atoms with E-state index in [4.69, 9.17) is 16.3 Å². The normalized spacial score (nSPS) is 15.2. The number of nitrogens with zero attached hydrogens (tertiary/aromatic N) is 1. The lowest BCUT2D eigenvalue weighted by molar-refractivity contribution is -0.131. The summed E-state index contributed by atoms with van der Waals surface area (Å²) in [7, 11) is 0. The smallest absolute Gasteiger partial charge is 0.226 e. The van der Waals surface area contributed by atoms with Gasteiger partial charge in [0.25, 0.3) is 0 Å². The predicted molar refractivity (Wildman–Crippen MR) is 94.4 cm³/mol. The zero-order valence-corrected chi connectivity index (χ0v) is 14.8. The fourth-order valence-corrected chi connectivity index (χ4v) is 2.99. The summed E-state index contributed by atoms with van der Waals surface area (Å²) in [5.74, 6) is 1.28. The van der Waals surface area contributed by atoms with Gasteiger partial charge in [0.15, 0.2) is 0 Å². The highest BCUT2D eigenvalue weighted by Gasteiger charge is 2.23. The fourth-order valence-electron chi connectivity index (χ4n) is 2.82. The number of piperidine rings is 1. The van der Waals surface area contributed by atoms with Crippen LogP contribution in [-0.2, 0) is 16.0 Å². The van der Waals surface area contributed by atoms with Crippen LogP contribution in [0.5, 0.6) is 5.75 Å². The Bertz CT molecular complexity index is 540. The molecule has 0 radical (unpaired) electrons. The van der Waals surface area contributed by atoms with Gasteiger partial charge in [-0.1, -0.05) is 12.1 Å². The molecule has 132 valence electrons. The van der Waals surface area contributed by atoms with Gasteiger partial charge in [0.2, 0.25) is 11.8 Å². The molecular formula is C18H25ClN2O3. The molecule has 0 aromatic heterocycles. The lowest BCUT2D eigenvalue weighted by Gasteiger charge is -2.32. The minimum Gasteiger partial charge on any atom is -0.494 e. The molecule has 1 aliphatic heterocycles. The average molecular weight is 353 g/mol. The lowest BCUT2D eigenvalue weighted by Crippen LogP contribution is -2.47. The van der Waals surface area contributed by atoms with Crippen LogP contribution in [0.2, 0.25) is 0 Å². The maximum atomic E-state index is 12.4. The minimum absolute atomic E-state index is 0.0100. The van der Waals surface area contributed by atoms with Crippen molar-refractivity contribution in [1.82, 2.24) is 10.2 Å². The number of nitrogens with one attached hydrogen (secondary N) is 1. The Labute approximate surface area is 148 Å². The molecule has 0 aliphatic carbocycles. The molecule has 0 spiro atoms. The number of hydrogen-bond donors (Lipinski definition) is 1. The molecule has 2 rings (SSSR count). The number of rotatable bonds is 7. The van der Waals surface area contributed by atoms with Gasteiger partial charge in [-0.05, 0) is 37.5 Å². The third kappa shape index (κ3) is 5.71. The van der Waals surface area contributed by atoms with E-state index in [0.29, 0.717) is 38.4 Å². The second-order valence-corrected chi connectivity index (χ2v) is 6.29. The van der Waals surface area contributed by atoms with Crippen LogP contribution in [0.4, 0.5) is 0 Å². The summed E-state index contributed by atoms with van der Waals surface area (Å²) < 4.78 is 5.40. The van der Waals surface area contributed by atoms with Crippen LogP contribution in [0.1, 0.15) is 31.7 Å². The van der Waals surface area contributed by atoms with Gasteiger partial charge in [0, 0.05) is 31.4 Å². The second kappa shape index (κ2) is 9.52. The quantitative estimate of drug-likeness (QED) is 0.766. The van der Waals surface area contributed by atoms with Crippen LogP contribution < -0.4 is 10.1 Å². The molecule has 24 heavy (non-hydrogen) atoms. The molecule has 5 nitrogen and oxygen atoms in total. The van der Waals surface area contributed by atoms with E-state index < -0.39 is 0 Å². The predicted octanol–water partition coefficient (Wildman–Crippen LogP) is 2.36. The molecule has 0 unspecified atom stereocenters. The van der Waals surface area contributed by atoms with Gasteiger partial charge in [0.1, 0.15) is 5.75 Å². The summed E-state index contributed by atoms with van der Waals surface area (Å²) >= 11 is 5.56. The first-order valence-corrected chi connectivity index (χ1v) is 9.00. The van der Waals surface area contributed by atoms with Crippen molar-refractivity contribution in [2.45, 2.75) is 38.6 Å². The van der Waals surface area contributed by atoms with E-state index in [0.717, 1.165) is 24.2 Å². The van der Waals surface area contributed by atoms with E-state index in [1.807, 2.05) is 36.1 Å². The number of carbonyl (C=O) groups is 2. The SMILES string of the molecule is CCOc1ccc(CC(=O)N2CCC(NC(=O)CCCl)CC2)cc1. The first kappa shape index (κ1) is 18.6. The number of benzene rings is 1. The van der Waals surface area contributed by atoms with Gasteiger partial charge in [-0.15, -0.1) is 11.6 Å². The van der Waals surface area contributed by atoms with Crippen LogP contribution in [0.25, 0.3) is 0 Å².